The van der Waals surface area contributed by atoms with Crippen molar-refractivity contribution < 1.29 is 23.2 Å². The van der Waals surface area contributed by atoms with Crippen LogP contribution in [0.5, 0.6) is 0 Å². The summed E-state index contributed by atoms with van der Waals surface area (Å²) in [6.45, 7) is 0. The van der Waals surface area contributed by atoms with Crippen LogP contribution in [-0.2, 0) is 4.79 Å². The van der Waals surface area contributed by atoms with Crippen LogP contribution in [0, 0.1) is 0 Å². The Hall–Kier alpha value is -1.47. The van der Waals surface area contributed by atoms with Crippen molar-refractivity contribution in [2.45, 2.75) is 36.8 Å². The molecule has 0 bridgehead atoms. The first-order valence-corrected chi connectivity index (χ1v) is 8.21. The zero-order valence-electron chi connectivity index (χ0n) is 12.8. The molecule has 0 heterocycles. The van der Waals surface area contributed by atoms with Crippen molar-refractivity contribution in [1.29, 1.82) is 0 Å². The lowest BCUT2D eigenvalue weighted by Gasteiger charge is -2.08. The van der Waals surface area contributed by atoms with Gasteiger partial charge in [-0.2, -0.15) is 13.2 Å². The van der Waals surface area contributed by atoms with Gasteiger partial charge in [0, 0.05) is 24.4 Å². The predicted octanol–water partition coefficient (Wildman–Crippen LogP) is 4.76. The normalized spacial score (nSPS) is 11.9. The van der Waals surface area contributed by atoms with E-state index in [0.717, 1.165) is 16.2 Å². The van der Waals surface area contributed by atoms with Gasteiger partial charge in [0.05, 0.1) is 0 Å². The minimum absolute atomic E-state index is 0.156. The predicted molar refractivity (Wildman–Crippen MR) is 85.3 cm³/mol. The second kappa shape index (κ2) is 9.62. The first kappa shape index (κ1) is 19.6. The molecular formula is C16H20F3NO2S. The number of halogens is 3. The van der Waals surface area contributed by atoms with Crippen LogP contribution in [0.4, 0.5) is 13.2 Å². The number of likely N-dealkylation sites (N-methyl/N-ethyl adjacent to an activating group) is 1. The van der Waals surface area contributed by atoms with Gasteiger partial charge in [0.25, 0.3) is 5.91 Å². The van der Waals surface area contributed by atoms with Gasteiger partial charge in [-0.25, -0.2) is 5.06 Å². The van der Waals surface area contributed by atoms with Crippen LogP contribution in [0.2, 0.25) is 0 Å². The molecule has 0 fully saturated rings. The van der Waals surface area contributed by atoms with E-state index in [2.05, 4.69) is 0 Å². The summed E-state index contributed by atoms with van der Waals surface area (Å²) in [5.41, 5.74) is 0.836. The average Bonchev–Trinajstić information content (AvgIpc) is 2.48. The second-order valence-electron chi connectivity index (χ2n) is 5.01. The lowest BCUT2D eigenvalue weighted by molar-refractivity contribution is -0.153. The Morgan fingerprint density at radius 2 is 1.96 bits per heavy atom. The molecule has 0 aromatic heterocycles. The van der Waals surface area contributed by atoms with E-state index in [4.69, 9.17) is 5.21 Å². The summed E-state index contributed by atoms with van der Waals surface area (Å²) in [5, 5.41) is 9.49. The largest absolute Gasteiger partial charge is 0.389 e. The highest BCUT2D eigenvalue weighted by Gasteiger charge is 2.25. The van der Waals surface area contributed by atoms with Crippen LogP contribution in [-0.4, -0.2) is 35.2 Å². The van der Waals surface area contributed by atoms with Gasteiger partial charge < -0.3 is 0 Å². The van der Waals surface area contributed by atoms with Gasteiger partial charge in [0.2, 0.25) is 0 Å². The topological polar surface area (TPSA) is 40.5 Å². The molecule has 0 aliphatic rings. The molecule has 1 N–H and O–H groups in total. The molecule has 1 amide bonds. The van der Waals surface area contributed by atoms with Gasteiger partial charge >= 0.3 is 6.18 Å². The molecule has 0 saturated carbocycles. The van der Waals surface area contributed by atoms with Crippen molar-refractivity contribution in [2.75, 3.05) is 12.8 Å². The average molecular weight is 347 g/mol. The highest BCUT2D eigenvalue weighted by atomic mass is 32.2. The van der Waals surface area contributed by atoms with Crippen LogP contribution < -0.4 is 0 Å². The SMILES string of the molecule is CN(O)C(=O)C=Cc1ccccc1SCCCCCC(F)(F)F. The zero-order valence-corrected chi connectivity index (χ0v) is 13.7. The minimum Gasteiger partial charge on any atom is -0.286 e. The van der Waals surface area contributed by atoms with Crippen molar-refractivity contribution in [3.8, 4) is 0 Å². The standard InChI is InChI=1S/C16H20F3NO2S/c1-20(22)15(21)10-9-13-7-3-4-8-14(13)23-12-6-2-5-11-16(17,18)19/h3-4,7-10,22H,2,5-6,11-12H2,1H3. The van der Waals surface area contributed by atoms with Crippen LogP contribution in [0.15, 0.2) is 35.2 Å². The number of rotatable bonds is 8. The van der Waals surface area contributed by atoms with Crippen molar-refractivity contribution in [2.24, 2.45) is 0 Å². The molecule has 3 nitrogen and oxygen atoms in total. The highest BCUT2D eigenvalue weighted by molar-refractivity contribution is 7.99. The Bertz CT molecular complexity index is 530. The Morgan fingerprint density at radius 3 is 2.61 bits per heavy atom. The van der Waals surface area contributed by atoms with E-state index >= 15 is 0 Å². The number of hydrogen-bond acceptors (Lipinski definition) is 3. The maximum Gasteiger partial charge on any atom is 0.389 e. The van der Waals surface area contributed by atoms with E-state index in [1.54, 1.807) is 17.8 Å². The summed E-state index contributed by atoms with van der Waals surface area (Å²) in [5.74, 6) is 0.188. The summed E-state index contributed by atoms with van der Waals surface area (Å²) in [7, 11) is 1.24. The summed E-state index contributed by atoms with van der Waals surface area (Å²) < 4.78 is 36.1. The number of hydrogen-bond donors (Lipinski definition) is 1. The highest BCUT2D eigenvalue weighted by Crippen LogP contribution is 2.26. The summed E-state index contributed by atoms with van der Waals surface area (Å²) in [4.78, 5) is 12.3. The molecule has 7 heteroatoms. The monoisotopic (exact) mass is 347 g/mol. The van der Waals surface area contributed by atoms with E-state index in [1.165, 1.54) is 13.1 Å². The molecule has 128 valence electrons. The van der Waals surface area contributed by atoms with Crippen molar-refractivity contribution in [3.05, 3.63) is 35.9 Å². The number of nitrogens with zero attached hydrogens (tertiary/aromatic N) is 1. The molecule has 23 heavy (non-hydrogen) atoms. The number of carbonyl (C=O) groups is 1. The van der Waals surface area contributed by atoms with Gasteiger partial charge in [0.1, 0.15) is 0 Å². The molecule has 1 aromatic rings. The molecule has 0 aliphatic heterocycles. The molecule has 0 atom stereocenters. The number of amides is 1. The van der Waals surface area contributed by atoms with Crippen LogP contribution in [0.1, 0.15) is 31.2 Å². The Kier molecular flexibility index (Phi) is 8.19. The molecule has 0 saturated heterocycles. The molecule has 0 aliphatic carbocycles. The quantitative estimate of drug-likeness (QED) is 0.242. The lowest BCUT2D eigenvalue weighted by Crippen LogP contribution is -2.19. The molecule has 1 aromatic carbocycles. The number of hydroxylamine groups is 2. The third kappa shape index (κ3) is 8.66. The van der Waals surface area contributed by atoms with Gasteiger partial charge in [-0.3, -0.25) is 10.0 Å². The minimum atomic E-state index is -4.07. The fraction of sp³-hybridized carbons (Fsp3) is 0.438. The van der Waals surface area contributed by atoms with E-state index < -0.39 is 18.5 Å². The van der Waals surface area contributed by atoms with Gasteiger partial charge in [-0.15, -0.1) is 11.8 Å². The third-order valence-corrected chi connectivity index (χ3v) is 4.18. The lowest BCUT2D eigenvalue weighted by atomic mass is 10.2. The second-order valence-corrected chi connectivity index (χ2v) is 6.14. The fourth-order valence-electron chi connectivity index (χ4n) is 1.81. The zero-order chi connectivity index (χ0) is 17.3. The fourth-order valence-corrected chi connectivity index (χ4v) is 2.85. The number of carbonyl (C=O) groups excluding carboxylic acids is 1. The van der Waals surface area contributed by atoms with E-state index in [0.29, 0.717) is 17.9 Å². The maximum absolute atomic E-state index is 12.0. The molecule has 1 rings (SSSR count). The van der Waals surface area contributed by atoms with Crippen LogP contribution >= 0.6 is 11.8 Å². The Labute approximate surface area is 138 Å². The van der Waals surface area contributed by atoms with Gasteiger partial charge in [0.15, 0.2) is 0 Å². The van der Waals surface area contributed by atoms with Crippen molar-refractivity contribution >= 4 is 23.7 Å². The Balaban J connectivity index is 2.44. The first-order valence-electron chi connectivity index (χ1n) is 7.23. The number of benzene rings is 1. The molecule has 0 spiro atoms. The summed E-state index contributed by atoms with van der Waals surface area (Å²) in [6.07, 6.45) is -0.521. The summed E-state index contributed by atoms with van der Waals surface area (Å²) in [6, 6.07) is 7.43. The van der Waals surface area contributed by atoms with Gasteiger partial charge in [-0.05, 0) is 36.3 Å². The molecule has 0 unspecified atom stereocenters. The van der Waals surface area contributed by atoms with E-state index in [-0.39, 0.29) is 6.42 Å². The van der Waals surface area contributed by atoms with Crippen molar-refractivity contribution in [3.63, 3.8) is 0 Å². The molecule has 0 radical (unpaired) electrons. The number of thioether (sulfide) groups is 1. The first-order chi connectivity index (χ1) is 10.8. The number of unbranched alkanes of at least 4 members (excludes halogenated alkanes) is 2. The van der Waals surface area contributed by atoms with Crippen LogP contribution in [0.25, 0.3) is 6.08 Å². The van der Waals surface area contributed by atoms with Gasteiger partial charge in [-0.1, -0.05) is 24.6 Å². The van der Waals surface area contributed by atoms with E-state index in [1.807, 2.05) is 24.3 Å². The van der Waals surface area contributed by atoms with Crippen molar-refractivity contribution in [1.82, 2.24) is 5.06 Å². The summed E-state index contributed by atoms with van der Waals surface area (Å²) >= 11 is 1.55. The third-order valence-electron chi connectivity index (χ3n) is 3.01. The van der Waals surface area contributed by atoms with E-state index in [9.17, 15) is 18.0 Å². The molecular weight excluding hydrogens is 327 g/mol. The maximum atomic E-state index is 12.0. The van der Waals surface area contributed by atoms with Crippen LogP contribution in [0.3, 0.4) is 0 Å². The smallest absolute Gasteiger partial charge is 0.286 e. The Morgan fingerprint density at radius 1 is 1.26 bits per heavy atom. The number of alkyl halides is 3.